The first-order chi connectivity index (χ1) is 10.1. The third kappa shape index (κ3) is 2.91. The molecule has 0 saturated carbocycles. The van der Waals surface area contributed by atoms with Gasteiger partial charge in [-0.15, -0.1) is 0 Å². The van der Waals surface area contributed by atoms with Crippen LogP contribution >= 0.6 is 0 Å². The van der Waals surface area contributed by atoms with Crippen LogP contribution in [0.25, 0.3) is 0 Å². The summed E-state index contributed by atoms with van der Waals surface area (Å²) in [6, 6.07) is 5.30. The highest BCUT2D eigenvalue weighted by atomic mass is 16.5. The number of amides is 1. The summed E-state index contributed by atoms with van der Waals surface area (Å²) in [5.41, 5.74) is 2.98. The normalized spacial score (nSPS) is 21.1. The number of ether oxygens (including phenoxy) is 1. The number of hydrogen-bond donors (Lipinski definition) is 2. The van der Waals surface area contributed by atoms with Gasteiger partial charge in [0, 0.05) is 25.2 Å². The summed E-state index contributed by atoms with van der Waals surface area (Å²) in [5, 5.41) is 12.2. The van der Waals surface area contributed by atoms with Crippen molar-refractivity contribution in [1.29, 1.82) is 0 Å². The first-order valence-electron chi connectivity index (χ1n) is 7.08. The molecule has 1 fully saturated rings. The Bertz CT molecular complexity index is 573. The molecular formula is C15H18N2O4. The summed E-state index contributed by atoms with van der Waals surface area (Å²) in [6.45, 7) is 2.78. The Morgan fingerprint density at radius 2 is 2.14 bits per heavy atom. The van der Waals surface area contributed by atoms with Gasteiger partial charge in [0.05, 0.1) is 25.7 Å². The van der Waals surface area contributed by atoms with Crippen molar-refractivity contribution in [2.75, 3.05) is 19.8 Å². The number of rotatable bonds is 3. The molecule has 3 rings (SSSR count). The minimum absolute atomic E-state index is 0.0851. The van der Waals surface area contributed by atoms with Gasteiger partial charge >= 0.3 is 5.97 Å². The van der Waals surface area contributed by atoms with Crippen LogP contribution in [0.1, 0.15) is 27.9 Å². The van der Waals surface area contributed by atoms with Gasteiger partial charge in [0.2, 0.25) is 0 Å². The van der Waals surface area contributed by atoms with Gasteiger partial charge in [-0.3, -0.25) is 9.59 Å². The molecule has 21 heavy (non-hydrogen) atoms. The second-order valence-electron chi connectivity index (χ2n) is 5.41. The fourth-order valence-electron chi connectivity index (χ4n) is 2.89. The minimum atomic E-state index is -0.915. The number of carbonyl (C=O) groups excluding carboxylic acids is 1. The first-order valence-corrected chi connectivity index (χ1v) is 7.08. The van der Waals surface area contributed by atoms with E-state index in [1.807, 2.05) is 18.2 Å². The number of aliphatic carboxylic acids is 1. The van der Waals surface area contributed by atoms with Crippen LogP contribution < -0.4 is 5.32 Å². The molecule has 1 unspecified atom stereocenters. The van der Waals surface area contributed by atoms with Crippen LogP contribution in [0.3, 0.4) is 0 Å². The van der Waals surface area contributed by atoms with E-state index in [9.17, 15) is 9.59 Å². The maximum absolute atomic E-state index is 12.6. The number of carboxylic acids is 1. The van der Waals surface area contributed by atoms with Crippen molar-refractivity contribution in [2.45, 2.75) is 25.6 Å². The van der Waals surface area contributed by atoms with Crippen LogP contribution in [-0.2, 0) is 22.6 Å². The van der Waals surface area contributed by atoms with Gasteiger partial charge < -0.3 is 20.1 Å². The second-order valence-corrected chi connectivity index (χ2v) is 5.41. The summed E-state index contributed by atoms with van der Waals surface area (Å²) < 4.78 is 5.31. The van der Waals surface area contributed by atoms with Gasteiger partial charge in [-0.05, 0) is 23.3 Å². The maximum atomic E-state index is 12.6. The van der Waals surface area contributed by atoms with Crippen LogP contribution in [-0.4, -0.2) is 47.7 Å². The Balaban J connectivity index is 1.80. The van der Waals surface area contributed by atoms with Crippen molar-refractivity contribution >= 4 is 11.9 Å². The molecule has 2 aliphatic heterocycles. The van der Waals surface area contributed by atoms with Crippen LogP contribution in [0.2, 0.25) is 0 Å². The Labute approximate surface area is 122 Å². The molecule has 1 saturated heterocycles. The molecule has 1 atom stereocenters. The number of fused-ring (bicyclic) bond motifs is 1. The lowest BCUT2D eigenvalue weighted by atomic mass is 10.0. The highest BCUT2D eigenvalue weighted by Crippen LogP contribution is 2.20. The SMILES string of the molecule is O=C(O)CC1COCCN1C(=O)c1ccc2c(c1)CNC2. The van der Waals surface area contributed by atoms with Crippen molar-refractivity contribution in [1.82, 2.24) is 10.2 Å². The zero-order valence-electron chi connectivity index (χ0n) is 11.7. The van der Waals surface area contributed by atoms with Crippen molar-refractivity contribution in [3.63, 3.8) is 0 Å². The van der Waals surface area contributed by atoms with E-state index < -0.39 is 12.0 Å². The molecule has 1 amide bonds. The quantitative estimate of drug-likeness (QED) is 0.852. The van der Waals surface area contributed by atoms with Gasteiger partial charge in [-0.2, -0.15) is 0 Å². The third-order valence-electron chi connectivity index (χ3n) is 3.98. The fraction of sp³-hybridized carbons (Fsp3) is 0.467. The summed E-state index contributed by atoms with van der Waals surface area (Å²) >= 11 is 0. The number of nitrogens with one attached hydrogen (secondary N) is 1. The zero-order valence-corrected chi connectivity index (χ0v) is 11.7. The molecule has 0 bridgehead atoms. The predicted molar refractivity (Wildman–Crippen MR) is 74.9 cm³/mol. The molecule has 0 spiro atoms. The summed E-state index contributed by atoms with van der Waals surface area (Å²) in [6.07, 6.45) is -0.0851. The van der Waals surface area contributed by atoms with Crippen LogP contribution in [0.5, 0.6) is 0 Å². The second kappa shape index (κ2) is 5.83. The Morgan fingerprint density at radius 3 is 2.95 bits per heavy atom. The number of benzene rings is 1. The lowest BCUT2D eigenvalue weighted by molar-refractivity contribution is -0.139. The highest BCUT2D eigenvalue weighted by Gasteiger charge is 2.30. The number of carboxylic acid groups (broad SMARTS) is 1. The molecule has 2 N–H and O–H groups in total. The lowest BCUT2D eigenvalue weighted by Crippen LogP contribution is -2.49. The molecule has 6 nitrogen and oxygen atoms in total. The van der Waals surface area contributed by atoms with E-state index in [1.165, 1.54) is 5.56 Å². The van der Waals surface area contributed by atoms with E-state index in [4.69, 9.17) is 9.84 Å². The lowest BCUT2D eigenvalue weighted by Gasteiger charge is -2.35. The molecular weight excluding hydrogens is 272 g/mol. The van der Waals surface area contributed by atoms with Crippen LogP contribution in [0, 0.1) is 0 Å². The van der Waals surface area contributed by atoms with Gasteiger partial charge in [-0.1, -0.05) is 6.07 Å². The van der Waals surface area contributed by atoms with Gasteiger partial charge in [-0.25, -0.2) is 0 Å². The maximum Gasteiger partial charge on any atom is 0.305 e. The average Bonchev–Trinajstić information content (AvgIpc) is 2.94. The monoisotopic (exact) mass is 290 g/mol. The number of carbonyl (C=O) groups is 2. The van der Waals surface area contributed by atoms with Crippen molar-refractivity contribution in [2.24, 2.45) is 0 Å². The third-order valence-corrected chi connectivity index (χ3v) is 3.98. The number of hydrogen-bond acceptors (Lipinski definition) is 4. The smallest absolute Gasteiger partial charge is 0.305 e. The summed E-state index contributed by atoms with van der Waals surface area (Å²) in [5.74, 6) is -1.03. The molecule has 1 aromatic carbocycles. The summed E-state index contributed by atoms with van der Waals surface area (Å²) in [4.78, 5) is 25.2. The van der Waals surface area contributed by atoms with E-state index in [0.717, 1.165) is 18.7 Å². The summed E-state index contributed by atoms with van der Waals surface area (Å²) in [7, 11) is 0. The molecule has 6 heteroatoms. The van der Waals surface area contributed by atoms with E-state index in [2.05, 4.69) is 5.32 Å². The number of nitrogens with zero attached hydrogens (tertiary/aromatic N) is 1. The molecule has 2 heterocycles. The topological polar surface area (TPSA) is 78.9 Å². The largest absolute Gasteiger partial charge is 0.481 e. The predicted octanol–water partition coefficient (Wildman–Crippen LogP) is 0.605. The Morgan fingerprint density at radius 1 is 1.33 bits per heavy atom. The molecule has 0 aromatic heterocycles. The molecule has 112 valence electrons. The van der Waals surface area contributed by atoms with Crippen LogP contribution in [0.4, 0.5) is 0 Å². The van der Waals surface area contributed by atoms with Gasteiger partial charge in [0.15, 0.2) is 0 Å². The van der Waals surface area contributed by atoms with E-state index in [1.54, 1.807) is 4.90 Å². The molecule has 0 aliphatic carbocycles. The molecule has 2 aliphatic rings. The zero-order chi connectivity index (χ0) is 14.8. The van der Waals surface area contributed by atoms with Crippen LogP contribution in [0.15, 0.2) is 18.2 Å². The van der Waals surface area contributed by atoms with Gasteiger partial charge in [0.1, 0.15) is 0 Å². The van der Waals surface area contributed by atoms with E-state index in [-0.39, 0.29) is 18.9 Å². The standard InChI is InChI=1S/C15H18N2O4/c18-14(19)6-13-9-21-4-3-17(13)15(20)10-1-2-11-7-16-8-12(11)5-10/h1-2,5,13,16H,3-4,6-9H2,(H,18,19). The average molecular weight is 290 g/mol. The Kier molecular flexibility index (Phi) is 3.90. The fourth-order valence-corrected chi connectivity index (χ4v) is 2.89. The van der Waals surface area contributed by atoms with Gasteiger partial charge in [0.25, 0.3) is 5.91 Å². The number of morpholine rings is 1. The van der Waals surface area contributed by atoms with E-state index in [0.29, 0.717) is 18.7 Å². The van der Waals surface area contributed by atoms with Crippen molar-refractivity contribution in [3.8, 4) is 0 Å². The Hall–Kier alpha value is -1.92. The van der Waals surface area contributed by atoms with E-state index >= 15 is 0 Å². The first kappa shape index (κ1) is 14.0. The molecule has 0 radical (unpaired) electrons. The van der Waals surface area contributed by atoms with Crippen molar-refractivity contribution < 1.29 is 19.4 Å². The highest BCUT2D eigenvalue weighted by molar-refractivity contribution is 5.95. The minimum Gasteiger partial charge on any atom is -0.481 e. The molecule has 1 aromatic rings. The van der Waals surface area contributed by atoms with Crippen molar-refractivity contribution in [3.05, 3.63) is 34.9 Å².